The summed E-state index contributed by atoms with van der Waals surface area (Å²) in [6, 6.07) is 68.3. The molecule has 2 aromatic heterocycles. The van der Waals surface area contributed by atoms with Crippen molar-refractivity contribution in [2.45, 2.75) is 31.2 Å². The Labute approximate surface area is 377 Å². The van der Waals surface area contributed by atoms with E-state index in [2.05, 4.69) is 204 Å². The molecule has 11 aromatic rings. The average Bonchev–Trinajstić information content (AvgIpc) is 3.93. The molecule has 2 aliphatic heterocycles. The van der Waals surface area contributed by atoms with Crippen molar-refractivity contribution in [2.24, 2.45) is 4.99 Å². The standard InChI is InChI=1S/C61H44N3O/c1-3-53-47-25-13-10-24-46(47)48-34-30-41-31-35-52-49-26-16-17-29-56(49)65-60(52)57(41)61-63(38(2)36-54(48)62-53)58-50-27-14-11-22-44(50)45-23-12-15-28-51(45)59(58)64(61)55-37-42(39-18-6-4-7-19-39)32-33-43(55)40-20-8-5-9-21-40/h3-29,31-33,35,37,48,54H,1-2,30,34,36H2/q+1. The molecule has 308 valence electrons. The van der Waals surface area contributed by atoms with Crippen LogP contribution in [0.1, 0.15) is 35.4 Å². The van der Waals surface area contributed by atoms with Crippen LogP contribution in [0.3, 0.4) is 0 Å². The molecule has 0 bridgehead atoms. The number of fused-ring (bicyclic) bond motifs is 17. The molecule has 0 fully saturated rings. The number of aryl methyl sites for hydroxylation is 1. The molecule has 4 heterocycles. The molecule has 9 aromatic carbocycles. The SMILES string of the molecule is C=CC1=NC2CC(=C)[n+]3c(n(-c4cc(-c5ccccc5)ccc4-c4ccccc4)c4c5ccccc5c5ccccc5c43)-c3c(ccc4c3oc3ccccc34)CCC2c2ccccc21. The van der Waals surface area contributed by atoms with Gasteiger partial charge in [-0.3, -0.25) is 4.99 Å². The number of allylic oxidation sites excluding steroid dienone is 1. The Bertz CT molecular complexity index is 3790. The molecule has 0 aliphatic carbocycles. The Morgan fingerprint density at radius 1 is 0.600 bits per heavy atom. The van der Waals surface area contributed by atoms with E-state index in [4.69, 9.17) is 16.0 Å². The summed E-state index contributed by atoms with van der Waals surface area (Å²) in [5, 5.41) is 6.95. The monoisotopic (exact) mass is 834 g/mol. The molecule has 4 heteroatoms. The molecule has 4 nitrogen and oxygen atoms in total. The molecule has 65 heavy (non-hydrogen) atoms. The Morgan fingerprint density at radius 2 is 1.26 bits per heavy atom. The molecule has 0 saturated heterocycles. The second-order valence-corrected chi connectivity index (χ2v) is 17.6. The quantitative estimate of drug-likeness (QED) is 0.128. The number of aliphatic imine (C=N–C) groups is 1. The zero-order valence-corrected chi connectivity index (χ0v) is 35.9. The molecular weight excluding hydrogens is 791 g/mol. The van der Waals surface area contributed by atoms with Gasteiger partial charge in [0, 0.05) is 45.0 Å². The number of imidazole rings is 1. The number of aromatic nitrogens is 2. The van der Waals surface area contributed by atoms with Crippen LogP contribution >= 0.6 is 0 Å². The van der Waals surface area contributed by atoms with Crippen molar-refractivity contribution < 1.29 is 8.98 Å². The molecule has 0 amide bonds. The lowest BCUT2D eigenvalue weighted by Gasteiger charge is -2.32. The van der Waals surface area contributed by atoms with Gasteiger partial charge in [-0.15, -0.1) is 0 Å². The predicted octanol–water partition coefficient (Wildman–Crippen LogP) is 15.1. The minimum Gasteiger partial charge on any atom is -0.455 e. The van der Waals surface area contributed by atoms with E-state index in [9.17, 15) is 0 Å². The summed E-state index contributed by atoms with van der Waals surface area (Å²) in [6.07, 6.45) is 4.31. The van der Waals surface area contributed by atoms with E-state index in [1.54, 1.807) is 0 Å². The average molecular weight is 835 g/mol. The van der Waals surface area contributed by atoms with Crippen LogP contribution < -0.4 is 4.57 Å². The molecule has 2 aliphatic rings. The Hall–Kier alpha value is -8.08. The van der Waals surface area contributed by atoms with Crippen molar-refractivity contribution in [2.75, 3.05) is 0 Å². The van der Waals surface area contributed by atoms with E-state index in [1.807, 2.05) is 6.08 Å². The molecule has 0 radical (unpaired) electrons. The lowest BCUT2D eigenvalue weighted by molar-refractivity contribution is -0.541. The summed E-state index contributed by atoms with van der Waals surface area (Å²) in [5.41, 5.74) is 16.4. The van der Waals surface area contributed by atoms with Gasteiger partial charge in [-0.2, -0.15) is 9.13 Å². The number of para-hydroxylation sites is 1. The molecule has 0 N–H and O–H groups in total. The van der Waals surface area contributed by atoms with Crippen LogP contribution in [-0.4, -0.2) is 16.3 Å². The Balaban J connectivity index is 1.26. The molecular formula is C61H44N3O+. The van der Waals surface area contributed by atoms with E-state index < -0.39 is 0 Å². The van der Waals surface area contributed by atoms with Crippen LogP contribution in [0.5, 0.6) is 0 Å². The third kappa shape index (κ3) is 5.70. The van der Waals surface area contributed by atoms with Crippen LogP contribution in [0.2, 0.25) is 0 Å². The summed E-state index contributed by atoms with van der Waals surface area (Å²) >= 11 is 0. The van der Waals surface area contributed by atoms with Crippen LogP contribution in [0, 0.1) is 0 Å². The van der Waals surface area contributed by atoms with E-state index in [0.29, 0.717) is 6.42 Å². The van der Waals surface area contributed by atoms with E-state index in [-0.39, 0.29) is 12.0 Å². The lowest BCUT2D eigenvalue weighted by Crippen LogP contribution is -2.38. The van der Waals surface area contributed by atoms with Gasteiger partial charge in [-0.05, 0) is 87.8 Å². The third-order valence-electron chi connectivity index (χ3n) is 14.1. The fourth-order valence-corrected chi connectivity index (χ4v) is 11.2. The summed E-state index contributed by atoms with van der Waals surface area (Å²) < 4.78 is 12.3. The number of hydrogen-bond acceptors (Lipinski definition) is 2. The van der Waals surface area contributed by atoms with Crippen molar-refractivity contribution in [3.8, 4) is 39.3 Å². The van der Waals surface area contributed by atoms with Crippen molar-refractivity contribution in [3.63, 3.8) is 0 Å². The first-order chi connectivity index (χ1) is 32.1. The number of benzene rings is 9. The zero-order valence-electron chi connectivity index (χ0n) is 35.9. The van der Waals surface area contributed by atoms with E-state index in [0.717, 1.165) is 96.6 Å². The van der Waals surface area contributed by atoms with Gasteiger partial charge in [0.2, 0.25) is 0 Å². The Kier molecular flexibility index (Phi) is 8.51. The summed E-state index contributed by atoms with van der Waals surface area (Å²) in [7, 11) is 0. The molecule has 0 saturated carbocycles. The van der Waals surface area contributed by atoms with Gasteiger partial charge in [0.15, 0.2) is 16.6 Å². The number of rotatable bonds is 4. The summed E-state index contributed by atoms with van der Waals surface area (Å²) in [5.74, 6) is 1.20. The van der Waals surface area contributed by atoms with Gasteiger partial charge in [-0.25, -0.2) is 0 Å². The van der Waals surface area contributed by atoms with Crippen LogP contribution in [-0.2, 0) is 6.42 Å². The van der Waals surface area contributed by atoms with E-state index >= 15 is 0 Å². The normalized spacial score (nSPS) is 16.0. The highest BCUT2D eigenvalue weighted by Gasteiger charge is 2.40. The van der Waals surface area contributed by atoms with Crippen molar-refractivity contribution >= 4 is 65.9 Å². The minimum absolute atomic E-state index is 0.0476. The maximum Gasteiger partial charge on any atom is 0.304 e. The smallest absolute Gasteiger partial charge is 0.304 e. The highest BCUT2D eigenvalue weighted by molar-refractivity contribution is 6.24. The number of nitrogens with zero attached hydrogens (tertiary/aromatic N) is 3. The largest absolute Gasteiger partial charge is 0.455 e. The molecule has 0 spiro atoms. The fourth-order valence-electron chi connectivity index (χ4n) is 11.2. The first-order valence-electron chi connectivity index (χ1n) is 22.7. The van der Waals surface area contributed by atoms with Crippen LogP contribution in [0.25, 0.3) is 99.5 Å². The van der Waals surface area contributed by atoms with Gasteiger partial charge in [-0.1, -0.05) is 171 Å². The third-order valence-corrected chi connectivity index (χ3v) is 14.1. The van der Waals surface area contributed by atoms with Gasteiger partial charge in [0.05, 0.1) is 11.8 Å². The fraction of sp³-hybridized carbons (Fsp3) is 0.0820. The van der Waals surface area contributed by atoms with Crippen LogP contribution in [0.15, 0.2) is 217 Å². The maximum atomic E-state index is 7.18. The summed E-state index contributed by atoms with van der Waals surface area (Å²) in [6.45, 7) is 9.40. The zero-order chi connectivity index (χ0) is 43.2. The molecule has 2 unspecified atom stereocenters. The molecule has 13 rings (SSSR count). The van der Waals surface area contributed by atoms with Crippen LogP contribution in [0.4, 0.5) is 0 Å². The maximum absolute atomic E-state index is 7.18. The van der Waals surface area contributed by atoms with E-state index in [1.165, 1.54) is 38.2 Å². The number of hydrogen-bond donors (Lipinski definition) is 0. The summed E-state index contributed by atoms with van der Waals surface area (Å²) in [4.78, 5) is 5.55. The highest BCUT2D eigenvalue weighted by atomic mass is 16.3. The van der Waals surface area contributed by atoms with Gasteiger partial charge in [0.25, 0.3) is 0 Å². The van der Waals surface area contributed by atoms with Crippen molar-refractivity contribution in [3.05, 3.63) is 224 Å². The highest BCUT2D eigenvalue weighted by Crippen LogP contribution is 2.47. The second-order valence-electron chi connectivity index (χ2n) is 17.6. The van der Waals surface area contributed by atoms with Gasteiger partial charge < -0.3 is 4.42 Å². The number of furan rings is 1. The van der Waals surface area contributed by atoms with Gasteiger partial charge >= 0.3 is 5.82 Å². The predicted molar refractivity (Wildman–Crippen MR) is 270 cm³/mol. The van der Waals surface area contributed by atoms with Gasteiger partial charge in [0.1, 0.15) is 22.5 Å². The minimum atomic E-state index is -0.0476. The first-order valence-corrected chi connectivity index (χ1v) is 22.7. The second kappa shape index (κ2) is 14.8. The molecule has 2 atom stereocenters. The lowest BCUT2D eigenvalue weighted by atomic mass is 9.78. The van der Waals surface area contributed by atoms with Crippen molar-refractivity contribution in [1.29, 1.82) is 0 Å². The topological polar surface area (TPSA) is 34.3 Å². The Morgan fingerprint density at radius 3 is 2.05 bits per heavy atom. The van der Waals surface area contributed by atoms with Crippen molar-refractivity contribution in [1.82, 2.24) is 4.57 Å². The first kappa shape index (κ1) is 37.5.